The summed E-state index contributed by atoms with van der Waals surface area (Å²) in [6.45, 7) is 4.29. The highest BCUT2D eigenvalue weighted by Gasteiger charge is 2.47. The third-order valence-corrected chi connectivity index (χ3v) is 6.05. The lowest BCUT2D eigenvalue weighted by Gasteiger charge is -2.38. The first-order chi connectivity index (χ1) is 16.1. The average molecular weight is 440 g/mol. The minimum absolute atomic E-state index is 0.208. The van der Waals surface area contributed by atoms with Gasteiger partial charge in [-0.1, -0.05) is 72.3 Å². The summed E-state index contributed by atoms with van der Waals surface area (Å²) in [5.74, 6) is -1.29. The minimum Gasteiger partial charge on any atom is -0.465 e. The monoisotopic (exact) mass is 439 g/mol. The molecule has 4 aromatic rings. The van der Waals surface area contributed by atoms with Crippen LogP contribution in [0.2, 0.25) is 0 Å². The van der Waals surface area contributed by atoms with Crippen LogP contribution in [0.25, 0.3) is 11.0 Å². The van der Waals surface area contributed by atoms with Gasteiger partial charge in [0.15, 0.2) is 5.92 Å². The van der Waals surface area contributed by atoms with Gasteiger partial charge in [-0.05, 0) is 37.1 Å². The lowest BCUT2D eigenvalue weighted by atomic mass is 9.88. The van der Waals surface area contributed by atoms with Gasteiger partial charge >= 0.3 is 5.97 Å². The molecule has 6 heteroatoms. The van der Waals surface area contributed by atoms with E-state index in [1.165, 1.54) is 0 Å². The number of amides is 1. The molecule has 3 aromatic carbocycles. The Kier molecular flexibility index (Phi) is 5.42. The summed E-state index contributed by atoms with van der Waals surface area (Å²) < 4.78 is 7.44. The normalized spacial score (nSPS) is 17.8. The number of para-hydroxylation sites is 2. The summed E-state index contributed by atoms with van der Waals surface area (Å²) in [6.07, 6.45) is 0. The fraction of sp³-hybridized carbons (Fsp3) is 0.222. The Labute approximate surface area is 192 Å². The molecule has 6 nitrogen and oxygen atoms in total. The van der Waals surface area contributed by atoms with E-state index in [4.69, 9.17) is 9.72 Å². The van der Waals surface area contributed by atoms with Crippen LogP contribution in [0.5, 0.6) is 0 Å². The Morgan fingerprint density at radius 3 is 2.52 bits per heavy atom. The number of aromatic nitrogens is 2. The standard InChI is InChI=1S/C27H25N3O3/c1-3-33-26(32)23-24(20-13-9-10-18(2)16-20)30-22-15-8-7-14-21(22)28-27(30)29(25(23)31)17-19-11-5-4-6-12-19/h4-16,23-24H,3,17H2,1-2H3/t23-,24+/m0/s1. The number of anilines is 1. The number of aryl methyl sites for hydroxylation is 1. The van der Waals surface area contributed by atoms with Crippen molar-refractivity contribution < 1.29 is 14.3 Å². The zero-order chi connectivity index (χ0) is 22.9. The quantitative estimate of drug-likeness (QED) is 0.335. The van der Waals surface area contributed by atoms with Crippen molar-refractivity contribution in [1.82, 2.24) is 9.55 Å². The summed E-state index contributed by atoms with van der Waals surface area (Å²) in [5.41, 5.74) is 4.55. The van der Waals surface area contributed by atoms with E-state index in [0.29, 0.717) is 12.5 Å². The maximum absolute atomic E-state index is 13.9. The Hall–Kier alpha value is -3.93. The summed E-state index contributed by atoms with van der Waals surface area (Å²) in [4.78, 5) is 33.6. The van der Waals surface area contributed by atoms with Gasteiger partial charge in [0, 0.05) is 0 Å². The second kappa shape index (κ2) is 8.54. The highest BCUT2D eigenvalue weighted by Crippen LogP contribution is 2.41. The molecular weight excluding hydrogens is 414 g/mol. The van der Waals surface area contributed by atoms with Gasteiger partial charge in [0.25, 0.3) is 0 Å². The van der Waals surface area contributed by atoms with Gasteiger partial charge in [0.1, 0.15) is 0 Å². The van der Waals surface area contributed by atoms with E-state index in [0.717, 1.165) is 27.7 Å². The zero-order valence-corrected chi connectivity index (χ0v) is 18.6. The molecule has 2 heterocycles. The van der Waals surface area contributed by atoms with Crippen molar-refractivity contribution in [3.63, 3.8) is 0 Å². The minimum atomic E-state index is -1.01. The van der Waals surface area contributed by atoms with Crippen LogP contribution in [0.1, 0.15) is 29.7 Å². The second-order valence-corrected chi connectivity index (χ2v) is 8.27. The second-order valence-electron chi connectivity index (χ2n) is 8.27. The number of fused-ring (bicyclic) bond motifs is 3. The molecule has 0 N–H and O–H groups in total. The fourth-order valence-corrected chi connectivity index (χ4v) is 4.62. The first kappa shape index (κ1) is 20.9. The fourth-order valence-electron chi connectivity index (χ4n) is 4.62. The molecule has 33 heavy (non-hydrogen) atoms. The molecule has 2 atom stereocenters. The molecule has 0 saturated carbocycles. The van der Waals surface area contributed by atoms with E-state index in [9.17, 15) is 9.59 Å². The number of carbonyl (C=O) groups excluding carboxylic acids is 2. The van der Waals surface area contributed by atoms with Crippen LogP contribution < -0.4 is 4.90 Å². The molecule has 0 bridgehead atoms. The van der Waals surface area contributed by atoms with E-state index in [-0.39, 0.29) is 12.5 Å². The van der Waals surface area contributed by atoms with E-state index in [1.807, 2.05) is 90.4 Å². The molecule has 1 aliphatic rings. The van der Waals surface area contributed by atoms with Crippen LogP contribution >= 0.6 is 0 Å². The van der Waals surface area contributed by atoms with Crippen LogP contribution in [0.15, 0.2) is 78.9 Å². The molecule has 1 amide bonds. The SMILES string of the molecule is CCOC(=O)[C@@H]1C(=O)N(Cc2ccccc2)c2nc3ccccc3n2[C@@H]1c1cccc(C)c1. The molecule has 166 valence electrons. The van der Waals surface area contributed by atoms with Crippen molar-refractivity contribution in [3.8, 4) is 0 Å². The number of nitrogens with zero attached hydrogens (tertiary/aromatic N) is 3. The maximum atomic E-state index is 13.9. The molecule has 0 unspecified atom stereocenters. The van der Waals surface area contributed by atoms with Gasteiger partial charge in [-0.2, -0.15) is 0 Å². The van der Waals surface area contributed by atoms with Crippen LogP contribution in [-0.2, 0) is 20.9 Å². The number of carbonyl (C=O) groups is 2. The van der Waals surface area contributed by atoms with Gasteiger partial charge < -0.3 is 9.30 Å². The van der Waals surface area contributed by atoms with Crippen molar-refractivity contribution in [2.45, 2.75) is 26.4 Å². The summed E-state index contributed by atoms with van der Waals surface area (Å²) >= 11 is 0. The first-order valence-corrected chi connectivity index (χ1v) is 11.1. The van der Waals surface area contributed by atoms with Gasteiger partial charge in [-0.15, -0.1) is 0 Å². The lowest BCUT2D eigenvalue weighted by molar-refractivity contribution is -0.153. The predicted molar refractivity (Wildman–Crippen MR) is 127 cm³/mol. The molecule has 0 spiro atoms. The first-order valence-electron chi connectivity index (χ1n) is 11.1. The maximum Gasteiger partial charge on any atom is 0.321 e. The van der Waals surface area contributed by atoms with Crippen molar-refractivity contribution in [2.24, 2.45) is 5.92 Å². The van der Waals surface area contributed by atoms with Gasteiger partial charge in [-0.25, -0.2) is 4.98 Å². The molecule has 0 saturated heterocycles. The van der Waals surface area contributed by atoms with Crippen LogP contribution in [0.4, 0.5) is 5.95 Å². The van der Waals surface area contributed by atoms with E-state index in [1.54, 1.807) is 11.8 Å². The van der Waals surface area contributed by atoms with Crippen molar-refractivity contribution in [3.05, 3.63) is 95.6 Å². The number of imidazole rings is 1. The van der Waals surface area contributed by atoms with Crippen molar-refractivity contribution >= 4 is 28.9 Å². The smallest absolute Gasteiger partial charge is 0.321 e. The van der Waals surface area contributed by atoms with Crippen molar-refractivity contribution in [2.75, 3.05) is 11.5 Å². The number of benzene rings is 3. The number of hydrogen-bond donors (Lipinski definition) is 0. The molecular formula is C27H25N3O3. The number of hydrogen-bond acceptors (Lipinski definition) is 4. The molecule has 0 aliphatic carbocycles. The number of esters is 1. The zero-order valence-electron chi connectivity index (χ0n) is 18.6. The summed E-state index contributed by atoms with van der Waals surface area (Å²) in [7, 11) is 0. The van der Waals surface area contributed by atoms with Gasteiger partial charge in [0.2, 0.25) is 11.9 Å². The molecule has 1 aliphatic heterocycles. The average Bonchev–Trinajstić information content (AvgIpc) is 3.20. The Morgan fingerprint density at radius 1 is 1.00 bits per heavy atom. The Morgan fingerprint density at radius 2 is 1.76 bits per heavy atom. The van der Waals surface area contributed by atoms with Gasteiger partial charge in [-0.3, -0.25) is 14.5 Å². The summed E-state index contributed by atoms with van der Waals surface area (Å²) in [6, 6.07) is 24.9. The van der Waals surface area contributed by atoms with E-state index in [2.05, 4.69) is 0 Å². The van der Waals surface area contributed by atoms with Crippen LogP contribution in [0.3, 0.4) is 0 Å². The predicted octanol–water partition coefficient (Wildman–Crippen LogP) is 4.66. The van der Waals surface area contributed by atoms with Gasteiger partial charge in [0.05, 0.1) is 30.2 Å². The van der Waals surface area contributed by atoms with Crippen LogP contribution in [-0.4, -0.2) is 28.0 Å². The molecule has 0 fully saturated rings. The molecule has 5 rings (SSSR count). The molecule has 0 radical (unpaired) electrons. The highest BCUT2D eigenvalue weighted by molar-refractivity contribution is 6.08. The topological polar surface area (TPSA) is 64.4 Å². The Balaban J connectivity index is 1.76. The van der Waals surface area contributed by atoms with Crippen molar-refractivity contribution in [1.29, 1.82) is 0 Å². The lowest BCUT2D eigenvalue weighted by Crippen LogP contribution is -2.49. The Bertz CT molecular complexity index is 1330. The number of ether oxygens (including phenoxy) is 1. The van der Waals surface area contributed by atoms with E-state index < -0.39 is 17.9 Å². The third-order valence-electron chi connectivity index (χ3n) is 6.05. The van der Waals surface area contributed by atoms with Crippen LogP contribution in [0, 0.1) is 12.8 Å². The largest absolute Gasteiger partial charge is 0.465 e. The number of rotatable bonds is 5. The molecule has 1 aromatic heterocycles. The highest BCUT2D eigenvalue weighted by atomic mass is 16.5. The third kappa shape index (κ3) is 3.67. The van der Waals surface area contributed by atoms with E-state index >= 15 is 0 Å². The summed E-state index contributed by atoms with van der Waals surface area (Å²) in [5, 5.41) is 0.